The summed E-state index contributed by atoms with van der Waals surface area (Å²) in [5, 5.41) is 2.03. The van der Waals surface area contributed by atoms with E-state index in [0.29, 0.717) is 5.82 Å². The van der Waals surface area contributed by atoms with Gasteiger partial charge < -0.3 is 14.0 Å². The molecule has 1 radical (unpaired) electrons. The van der Waals surface area contributed by atoms with Gasteiger partial charge in [0.1, 0.15) is 17.2 Å². The quantitative estimate of drug-likeness (QED) is 0.167. The number of aromatic nitrogens is 6. The van der Waals surface area contributed by atoms with Crippen molar-refractivity contribution in [1.29, 1.82) is 0 Å². The minimum absolute atomic E-state index is 0. The Bertz CT molecular complexity index is 2020. The molecule has 0 amide bonds. The second kappa shape index (κ2) is 13.1. The maximum Gasteiger partial charge on any atom is 0.163 e. The van der Waals surface area contributed by atoms with Crippen molar-refractivity contribution in [2.45, 2.75) is 52.4 Å². The maximum atomic E-state index is 6.27. The molecule has 4 aromatic heterocycles. The normalized spacial score (nSPS) is 11.6. The van der Waals surface area contributed by atoms with Crippen LogP contribution in [0.4, 0.5) is 0 Å². The molecule has 0 spiro atoms. The first kappa shape index (κ1) is 32.9. The number of fused-ring (bicyclic) bond motifs is 3. The molecule has 7 nitrogen and oxygen atoms in total. The number of benzene rings is 3. The van der Waals surface area contributed by atoms with E-state index >= 15 is 0 Å². The SMILES string of the molecule is Cn1ccnc1-c1[c-]ccc2c1oc1ccc(-c3nc(C(C)(C)C)nc(C(C)(C)C)n3)cc12.[Ir].[c-]1ccccc1-c1ccccn1. The number of nitrogens with zero attached hydrogens (tertiary/aromatic N) is 6. The summed E-state index contributed by atoms with van der Waals surface area (Å²) in [5.41, 5.74) is 5.02. The number of hydrogen-bond donors (Lipinski definition) is 0. The van der Waals surface area contributed by atoms with Crippen LogP contribution in [0.2, 0.25) is 0 Å². The zero-order valence-electron chi connectivity index (χ0n) is 27.1. The largest absolute Gasteiger partial charge is 0.501 e. The fourth-order valence-electron chi connectivity index (χ4n) is 4.90. The summed E-state index contributed by atoms with van der Waals surface area (Å²) in [5.74, 6) is 3.09. The molecule has 7 rings (SSSR count). The molecule has 0 saturated carbocycles. The molecule has 3 aromatic carbocycles. The average molecular weight is 785 g/mol. The first-order chi connectivity index (χ1) is 21.5. The summed E-state index contributed by atoms with van der Waals surface area (Å²) in [6.45, 7) is 12.8. The van der Waals surface area contributed by atoms with Gasteiger partial charge in [0.25, 0.3) is 0 Å². The van der Waals surface area contributed by atoms with Crippen LogP contribution in [0.15, 0.2) is 95.8 Å². The van der Waals surface area contributed by atoms with Crippen molar-refractivity contribution in [3.63, 3.8) is 0 Å². The van der Waals surface area contributed by atoms with Gasteiger partial charge in [0.2, 0.25) is 0 Å². The Hall–Kier alpha value is -4.52. The van der Waals surface area contributed by atoms with Crippen LogP contribution >= 0.6 is 0 Å². The fourth-order valence-corrected chi connectivity index (χ4v) is 4.90. The van der Waals surface area contributed by atoms with Crippen LogP contribution in [-0.2, 0) is 38.0 Å². The Kier molecular flexibility index (Phi) is 9.34. The third-order valence-corrected chi connectivity index (χ3v) is 7.36. The monoisotopic (exact) mass is 785 g/mol. The van der Waals surface area contributed by atoms with Gasteiger partial charge in [0.15, 0.2) is 5.82 Å². The molecule has 0 atom stereocenters. The van der Waals surface area contributed by atoms with E-state index in [-0.39, 0.29) is 30.9 Å². The molecule has 235 valence electrons. The molecular weight excluding hydrogens is 749 g/mol. The van der Waals surface area contributed by atoms with E-state index in [0.717, 1.165) is 61.8 Å². The van der Waals surface area contributed by atoms with Gasteiger partial charge in [0, 0.05) is 67.5 Å². The summed E-state index contributed by atoms with van der Waals surface area (Å²) >= 11 is 0. The fraction of sp³-hybridized carbons (Fsp3) is 0.237. The molecule has 0 fully saturated rings. The van der Waals surface area contributed by atoms with E-state index in [9.17, 15) is 0 Å². The predicted molar refractivity (Wildman–Crippen MR) is 179 cm³/mol. The maximum absolute atomic E-state index is 6.27. The summed E-state index contributed by atoms with van der Waals surface area (Å²) in [4.78, 5) is 23.2. The second-order valence-corrected chi connectivity index (χ2v) is 13.1. The third-order valence-electron chi connectivity index (χ3n) is 7.36. The van der Waals surface area contributed by atoms with E-state index in [2.05, 4.69) is 69.7 Å². The smallest absolute Gasteiger partial charge is 0.163 e. The summed E-state index contributed by atoms with van der Waals surface area (Å²) in [6, 6.07) is 30.2. The molecule has 46 heavy (non-hydrogen) atoms. The Morgan fingerprint density at radius 1 is 0.717 bits per heavy atom. The minimum Gasteiger partial charge on any atom is -0.501 e. The van der Waals surface area contributed by atoms with Crippen molar-refractivity contribution >= 4 is 21.9 Å². The van der Waals surface area contributed by atoms with Gasteiger partial charge in [-0.2, -0.15) is 0 Å². The summed E-state index contributed by atoms with van der Waals surface area (Å²) in [6.07, 6.45) is 5.49. The average Bonchev–Trinajstić information content (AvgIpc) is 3.64. The van der Waals surface area contributed by atoms with Crippen LogP contribution in [0.1, 0.15) is 53.2 Å². The van der Waals surface area contributed by atoms with Crippen molar-refractivity contribution in [3.05, 3.63) is 115 Å². The van der Waals surface area contributed by atoms with Gasteiger partial charge in [-0.05, 0) is 30.0 Å². The van der Waals surface area contributed by atoms with Crippen LogP contribution in [0, 0.1) is 12.1 Å². The first-order valence-electron chi connectivity index (χ1n) is 15.0. The Balaban J connectivity index is 0.000000269. The van der Waals surface area contributed by atoms with Gasteiger partial charge in [-0.1, -0.05) is 64.6 Å². The first-order valence-corrected chi connectivity index (χ1v) is 15.0. The third kappa shape index (κ3) is 6.83. The molecule has 0 N–H and O–H groups in total. The van der Waals surface area contributed by atoms with E-state index in [1.54, 1.807) is 12.4 Å². The van der Waals surface area contributed by atoms with Gasteiger partial charge in [-0.15, -0.1) is 54.1 Å². The number of rotatable bonds is 3. The van der Waals surface area contributed by atoms with Crippen LogP contribution in [0.3, 0.4) is 0 Å². The molecule has 7 aromatic rings. The van der Waals surface area contributed by atoms with Gasteiger partial charge >= 0.3 is 0 Å². The van der Waals surface area contributed by atoms with Crippen LogP contribution in [0.5, 0.6) is 0 Å². The van der Waals surface area contributed by atoms with Gasteiger partial charge in [0.05, 0.1) is 11.4 Å². The number of aryl methyl sites for hydroxylation is 1. The van der Waals surface area contributed by atoms with Crippen LogP contribution in [0.25, 0.3) is 56.0 Å². The molecule has 0 unspecified atom stereocenters. The Morgan fingerprint density at radius 3 is 2.07 bits per heavy atom. The van der Waals surface area contributed by atoms with E-state index in [1.807, 2.05) is 84.5 Å². The number of furan rings is 1. The van der Waals surface area contributed by atoms with Gasteiger partial charge in [-0.3, -0.25) is 4.98 Å². The van der Waals surface area contributed by atoms with Crippen LogP contribution in [-0.4, -0.2) is 29.5 Å². The van der Waals surface area contributed by atoms with Crippen molar-refractivity contribution in [2.75, 3.05) is 0 Å². The standard InChI is InChI=1S/C27H28N5O.C11H8N.Ir/c1-26(2,3)24-29-22(30-25(31-24)27(4,5)6)16-11-12-20-19(15-16)17-9-8-10-18(21(17)33-20)23-28-13-14-32(23)7;1-2-6-10(7-3-1)11-8-4-5-9-12-11;/h8-9,11-15H,1-7H3;1-6,8-9H;/q2*-1;. The molecule has 0 bridgehead atoms. The molecule has 0 aliphatic carbocycles. The van der Waals surface area contributed by atoms with Crippen molar-refractivity contribution in [2.24, 2.45) is 7.05 Å². The molecule has 0 aliphatic heterocycles. The summed E-state index contributed by atoms with van der Waals surface area (Å²) in [7, 11) is 1.97. The summed E-state index contributed by atoms with van der Waals surface area (Å²) < 4.78 is 8.24. The number of pyridine rings is 1. The molecule has 8 heteroatoms. The van der Waals surface area contributed by atoms with Crippen LogP contribution < -0.4 is 0 Å². The zero-order chi connectivity index (χ0) is 31.8. The number of imidazole rings is 1. The molecule has 0 saturated heterocycles. The van der Waals surface area contributed by atoms with E-state index in [1.165, 1.54) is 0 Å². The zero-order valence-corrected chi connectivity index (χ0v) is 29.5. The number of hydrogen-bond acceptors (Lipinski definition) is 6. The Morgan fingerprint density at radius 2 is 1.46 bits per heavy atom. The van der Waals surface area contributed by atoms with Crippen molar-refractivity contribution in [3.8, 4) is 34.0 Å². The molecular formula is C38H36IrN6O-2. The van der Waals surface area contributed by atoms with Crippen molar-refractivity contribution in [1.82, 2.24) is 29.5 Å². The minimum atomic E-state index is -0.184. The molecule has 4 heterocycles. The molecule has 0 aliphatic rings. The van der Waals surface area contributed by atoms with E-state index < -0.39 is 0 Å². The topological polar surface area (TPSA) is 82.5 Å². The Labute approximate surface area is 283 Å². The second-order valence-electron chi connectivity index (χ2n) is 13.1. The predicted octanol–water partition coefficient (Wildman–Crippen LogP) is 8.78. The van der Waals surface area contributed by atoms with Gasteiger partial charge in [-0.25, -0.2) is 15.0 Å². The van der Waals surface area contributed by atoms with Crippen molar-refractivity contribution < 1.29 is 24.5 Å². The van der Waals surface area contributed by atoms with E-state index in [4.69, 9.17) is 19.4 Å².